The van der Waals surface area contributed by atoms with Crippen molar-refractivity contribution in [3.8, 4) is 0 Å². The predicted octanol–water partition coefficient (Wildman–Crippen LogP) is 2.19. The van der Waals surface area contributed by atoms with E-state index < -0.39 is 5.97 Å². The Labute approximate surface area is 117 Å². The number of nitrogens with one attached hydrogen (secondary N) is 1. The third kappa shape index (κ3) is 3.36. The first-order chi connectivity index (χ1) is 8.97. The van der Waals surface area contributed by atoms with Gasteiger partial charge in [0.25, 0.3) is 0 Å². The summed E-state index contributed by atoms with van der Waals surface area (Å²) >= 11 is 5.80. The molecule has 2 rings (SSSR count). The summed E-state index contributed by atoms with van der Waals surface area (Å²) in [6, 6.07) is 3.60. The van der Waals surface area contributed by atoms with Crippen molar-refractivity contribution in [1.29, 1.82) is 0 Å². The molecule has 2 heterocycles. The first kappa shape index (κ1) is 14.1. The van der Waals surface area contributed by atoms with Gasteiger partial charge in [-0.15, -0.1) is 0 Å². The fourth-order valence-corrected chi connectivity index (χ4v) is 2.62. The van der Waals surface area contributed by atoms with E-state index in [-0.39, 0.29) is 10.7 Å². The number of anilines is 1. The second-order valence-electron chi connectivity index (χ2n) is 5.11. The Hall–Kier alpha value is -1.33. The van der Waals surface area contributed by atoms with E-state index in [0.29, 0.717) is 17.8 Å². The lowest BCUT2D eigenvalue weighted by molar-refractivity contribution is 0.0691. The van der Waals surface area contributed by atoms with E-state index in [0.717, 1.165) is 19.5 Å². The average Bonchev–Trinajstić information content (AvgIpc) is 2.34. The van der Waals surface area contributed by atoms with Crippen LogP contribution in [0.2, 0.25) is 5.02 Å². The van der Waals surface area contributed by atoms with E-state index in [4.69, 9.17) is 16.7 Å². The SMILES string of the molecule is CC1CN(C)CCC1Nc1ccc(Cl)c(C(=O)O)n1. The maximum absolute atomic E-state index is 11.0. The van der Waals surface area contributed by atoms with Gasteiger partial charge in [0.1, 0.15) is 5.82 Å². The Morgan fingerprint density at radius 1 is 1.58 bits per heavy atom. The lowest BCUT2D eigenvalue weighted by Crippen LogP contribution is -2.43. The van der Waals surface area contributed by atoms with Crippen LogP contribution in [0.5, 0.6) is 0 Å². The summed E-state index contributed by atoms with van der Waals surface area (Å²) in [4.78, 5) is 17.3. The molecule has 6 heteroatoms. The van der Waals surface area contributed by atoms with E-state index in [1.807, 2.05) is 0 Å². The smallest absolute Gasteiger partial charge is 0.356 e. The number of carboxylic acid groups (broad SMARTS) is 1. The van der Waals surface area contributed by atoms with Gasteiger partial charge in [0.2, 0.25) is 0 Å². The minimum Gasteiger partial charge on any atom is -0.476 e. The van der Waals surface area contributed by atoms with Gasteiger partial charge in [0.15, 0.2) is 5.69 Å². The first-order valence-electron chi connectivity index (χ1n) is 6.32. The molecule has 0 spiro atoms. The number of aromatic nitrogens is 1. The van der Waals surface area contributed by atoms with Crippen LogP contribution in [0, 0.1) is 5.92 Å². The van der Waals surface area contributed by atoms with E-state index in [2.05, 4.69) is 29.2 Å². The molecule has 1 aromatic rings. The van der Waals surface area contributed by atoms with Gasteiger partial charge >= 0.3 is 5.97 Å². The number of carbonyl (C=O) groups is 1. The summed E-state index contributed by atoms with van der Waals surface area (Å²) in [6.07, 6.45) is 1.02. The number of carboxylic acids is 1. The van der Waals surface area contributed by atoms with Crippen LogP contribution in [-0.2, 0) is 0 Å². The zero-order valence-electron chi connectivity index (χ0n) is 11.1. The third-order valence-electron chi connectivity index (χ3n) is 3.49. The molecule has 19 heavy (non-hydrogen) atoms. The van der Waals surface area contributed by atoms with Gasteiger partial charge in [-0.25, -0.2) is 9.78 Å². The van der Waals surface area contributed by atoms with Gasteiger partial charge in [-0.2, -0.15) is 0 Å². The summed E-state index contributed by atoms with van der Waals surface area (Å²) in [7, 11) is 2.11. The minimum atomic E-state index is -1.11. The molecule has 0 aromatic carbocycles. The lowest BCUT2D eigenvalue weighted by Gasteiger charge is -2.35. The van der Waals surface area contributed by atoms with Crippen LogP contribution in [0.3, 0.4) is 0 Å². The van der Waals surface area contributed by atoms with Gasteiger partial charge in [-0.3, -0.25) is 0 Å². The lowest BCUT2D eigenvalue weighted by atomic mass is 9.94. The van der Waals surface area contributed by atoms with Crippen LogP contribution in [0.4, 0.5) is 5.82 Å². The number of nitrogens with zero attached hydrogens (tertiary/aromatic N) is 2. The number of halogens is 1. The van der Waals surface area contributed by atoms with Crippen LogP contribution in [0.1, 0.15) is 23.8 Å². The molecule has 0 bridgehead atoms. The van der Waals surface area contributed by atoms with Crippen molar-refractivity contribution in [1.82, 2.24) is 9.88 Å². The molecule has 5 nitrogen and oxygen atoms in total. The van der Waals surface area contributed by atoms with Crippen LogP contribution in [0.25, 0.3) is 0 Å². The highest BCUT2D eigenvalue weighted by Crippen LogP contribution is 2.22. The Morgan fingerprint density at radius 3 is 2.95 bits per heavy atom. The molecule has 2 unspecified atom stereocenters. The largest absolute Gasteiger partial charge is 0.476 e. The maximum atomic E-state index is 11.0. The number of hydrogen-bond acceptors (Lipinski definition) is 4. The quantitative estimate of drug-likeness (QED) is 0.890. The van der Waals surface area contributed by atoms with Gasteiger partial charge in [0, 0.05) is 12.6 Å². The molecule has 0 aliphatic carbocycles. The number of aromatic carboxylic acids is 1. The van der Waals surface area contributed by atoms with Gasteiger partial charge in [-0.1, -0.05) is 18.5 Å². The third-order valence-corrected chi connectivity index (χ3v) is 3.80. The molecule has 2 N–H and O–H groups in total. The van der Waals surface area contributed by atoms with Crippen molar-refractivity contribution in [2.75, 3.05) is 25.5 Å². The molecule has 1 aliphatic rings. The van der Waals surface area contributed by atoms with Crippen LogP contribution in [-0.4, -0.2) is 47.1 Å². The highest BCUT2D eigenvalue weighted by atomic mass is 35.5. The second-order valence-corrected chi connectivity index (χ2v) is 5.52. The minimum absolute atomic E-state index is 0.104. The normalized spacial score (nSPS) is 24.2. The molecule has 104 valence electrons. The highest BCUT2D eigenvalue weighted by molar-refractivity contribution is 6.33. The zero-order chi connectivity index (χ0) is 14.0. The highest BCUT2D eigenvalue weighted by Gasteiger charge is 2.24. The Kier molecular flexibility index (Phi) is 4.27. The summed E-state index contributed by atoms with van der Waals surface area (Å²) in [6.45, 7) is 4.24. The van der Waals surface area contributed by atoms with Crippen molar-refractivity contribution >= 4 is 23.4 Å². The summed E-state index contributed by atoms with van der Waals surface area (Å²) in [5.41, 5.74) is -0.104. The molecule has 1 aliphatic heterocycles. The predicted molar refractivity (Wildman–Crippen MR) is 74.9 cm³/mol. The molecule has 0 saturated carbocycles. The summed E-state index contributed by atoms with van der Waals surface area (Å²) < 4.78 is 0. The van der Waals surface area contributed by atoms with Crippen LogP contribution >= 0.6 is 11.6 Å². The standard InChI is InChI=1S/C13H18ClN3O2/c1-8-7-17(2)6-5-10(8)15-11-4-3-9(14)12(16-11)13(18)19/h3-4,8,10H,5-7H2,1-2H3,(H,15,16)(H,18,19). The number of likely N-dealkylation sites (tertiary alicyclic amines) is 1. The molecule has 1 aromatic heterocycles. The molecular formula is C13H18ClN3O2. The molecule has 1 saturated heterocycles. The van der Waals surface area contributed by atoms with E-state index in [1.165, 1.54) is 0 Å². The summed E-state index contributed by atoms with van der Waals surface area (Å²) in [5.74, 6) is -0.0437. The Bertz CT molecular complexity index is 481. The number of rotatable bonds is 3. The fourth-order valence-electron chi connectivity index (χ4n) is 2.43. The van der Waals surface area contributed by atoms with Gasteiger partial charge in [0.05, 0.1) is 5.02 Å². The molecule has 0 radical (unpaired) electrons. The molecule has 0 amide bonds. The Balaban J connectivity index is 2.11. The van der Waals surface area contributed by atoms with Crippen molar-refractivity contribution in [2.24, 2.45) is 5.92 Å². The summed E-state index contributed by atoms with van der Waals surface area (Å²) in [5, 5.41) is 12.5. The van der Waals surface area contributed by atoms with E-state index in [9.17, 15) is 4.79 Å². The zero-order valence-corrected chi connectivity index (χ0v) is 11.8. The number of hydrogen-bond donors (Lipinski definition) is 2. The van der Waals surface area contributed by atoms with Crippen LogP contribution in [0.15, 0.2) is 12.1 Å². The van der Waals surface area contributed by atoms with Crippen molar-refractivity contribution in [3.05, 3.63) is 22.8 Å². The second kappa shape index (κ2) is 5.75. The molecular weight excluding hydrogens is 266 g/mol. The topological polar surface area (TPSA) is 65.5 Å². The maximum Gasteiger partial charge on any atom is 0.356 e. The number of piperidine rings is 1. The van der Waals surface area contributed by atoms with E-state index in [1.54, 1.807) is 12.1 Å². The fraction of sp³-hybridized carbons (Fsp3) is 0.538. The monoisotopic (exact) mass is 283 g/mol. The van der Waals surface area contributed by atoms with Gasteiger partial charge in [-0.05, 0) is 38.1 Å². The Morgan fingerprint density at radius 2 is 2.32 bits per heavy atom. The van der Waals surface area contributed by atoms with E-state index >= 15 is 0 Å². The number of pyridine rings is 1. The van der Waals surface area contributed by atoms with Crippen LogP contribution < -0.4 is 5.32 Å². The average molecular weight is 284 g/mol. The van der Waals surface area contributed by atoms with Crippen molar-refractivity contribution < 1.29 is 9.90 Å². The first-order valence-corrected chi connectivity index (χ1v) is 6.70. The van der Waals surface area contributed by atoms with Crippen molar-refractivity contribution in [3.63, 3.8) is 0 Å². The van der Waals surface area contributed by atoms with Gasteiger partial charge < -0.3 is 15.3 Å². The van der Waals surface area contributed by atoms with Crippen molar-refractivity contribution in [2.45, 2.75) is 19.4 Å². The molecule has 1 fully saturated rings. The molecule has 2 atom stereocenters.